The number of amides is 1. The number of aryl methyl sites for hydroxylation is 1. The first-order valence-electron chi connectivity index (χ1n) is 4.65. The summed E-state index contributed by atoms with van der Waals surface area (Å²) >= 11 is 1.46. The monoisotopic (exact) mass is 234 g/mol. The predicted molar refractivity (Wildman–Crippen MR) is 61.6 cm³/mol. The van der Waals surface area contributed by atoms with E-state index in [4.69, 9.17) is 0 Å². The van der Waals surface area contributed by atoms with Gasteiger partial charge < -0.3 is 4.90 Å². The van der Waals surface area contributed by atoms with Gasteiger partial charge in [-0.3, -0.25) is 4.79 Å². The van der Waals surface area contributed by atoms with E-state index in [1.54, 1.807) is 24.7 Å². The van der Waals surface area contributed by atoms with Gasteiger partial charge in [0.1, 0.15) is 5.69 Å². The molecule has 0 fully saturated rings. The molecule has 2 heterocycles. The number of anilines is 1. The Labute approximate surface area is 96.8 Å². The lowest BCUT2D eigenvalue weighted by Crippen LogP contribution is -2.26. The van der Waals surface area contributed by atoms with E-state index in [2.05, 4.69) is 15.2 Å². The van der Waals surface area contributed by atoms with Gasteiger partial charge in [0.15, 0.2) is 0 Å². The summed E-state index contributed by atoms with van der Waals surface area (Å²) in [6.45, 7) is 1.87. The number of hydrogen-bond donors (Lipinski definition) is 0. The molecule has 0 atom stereocenters. The van der Waals surface area contributed by atoms with Gasteiger partial charge in [-0.2, -0.15) is 10.2 Å². The van der Waals surface area contributed by atoms with E-state index in [0.717, 1.165) is 5.01 Å². The fourth-order valence-corrected chi connectivity index (χ4v) is 1.82. The highest BCUT2D eigenvalue weighted by Gasteiger charge is 2.15. The maximum atomic E-state index is 12.0. The average Bonchev–Trinajstić information content (AvgIpc) is 2.75. The van der Waals surface area contributed by atoms with Crippen molar-refractivity contribution in [3.8, 4) is 0 Å². The Hall–Kier alpha value is -1.82. The summed E-state index contributed by atoms with van der Waals surface area (Å²) in [7, 11) is 1.69. The van der Waals surface area contributed by atoms with Crippen molar-refractivity contribution < 1.29 is 4.79 Å². The molecule has 0 saturated carbocycles. The quantitative estimate of drug-likeness (QED) is 0.790. The van der Waals surface area contributed by atoms with Crippen LogP contribution in [-0.2, 0) is 0 Å². The van der Waals surface area contributed by atoms with Crippen molar-refractivity contribution in [3.05, 3.63) is 34.5 Å². The van der Waals surface area contributed by atoms with Gasteiger partial charge in [-0.05, 0) is 13.0 Å². The molecular weight excluding hydrogens is 224 g/mol. The molecule has 0 aliphatic carbocycles. The molecule has 0 N–H and O–H groups in total. The number of hydrogen-bond acceptors (Lipinski definition) is 5. The first-order chi connectivity index (χ1) is 7.68. The van der Waals surface area contributed by atoms with Crippen LogP contribution in [0.5, 0.6) is 0 Å². The van der Waals surface area contributed by atoms with Crippen LogP contribution in [0.3, 0.4) is 0 Å². The zero-order valence-corrected chi connectivity index (χ0v) is 9.73. The molecule has 6 heteroatoms. The van der Waals surface area contributed by atoms with Gasteiger partial charge in [0.05, 0.1) is 23.1 Å². The summed E-state index contributed by atoms with van der Waals surface area (Å²) in [5.41, 5.74) is 1.16. The topological polar surface area (TPSA) is 59.0 Å². The standard InChI is InChI=1S/C10H10N4OS/c1-7-13-9(6-16-7)10(15)14(2)8-3-4-11-12-5-8/h3-6H,1-2H3. The predicted octanol–water partition coefficient (Wildman–Crippen LogP) is 1.52. The van der Waals surface area contributed by atoms with Crippen LogP contribution in [0.25, 0.3) is 0 Å². The number of carbonyl (C=O) groups is 1. The van der Waals surface area contributed by atoms with Crippen LogP contribution in [0.15, 0.2) is 23.8 Å². The van der Waals surface area contributed by atoms with E-state index in [9.17, 15) is 4.79 Å². The average molecular weight is 234 g/mol. The highest BCUT2D eigenvalue weighted by atomic mass is 32.1. The Kier molecular flexibility index (Phi) is 2.91. The summed E-state index contributed by atoms with van der Waals surface area (Å²) in [6, 6.07) is 1.73. The van der Waals surface area contributed by atoms with Gasteiger partial charge in [-0.25, -0.2) is 4.98 Å². The SMILES string of the molecule is Cc1nc(C(=O)N(C)c2ccnnc2)cs1. The highest BCUT2D eigenvalue weighted by Crippen LogP contribution is 2.14. The van der Waals surface area contributed by atoms with Crippen LogP contribution < -0.4 is 4.90 Å². The Morgan fingerprint density at radius 1 is 1.44 bits per heavy atom. The lowest BCUT2D eigenvalue weighted by molar-refractivity contribution is 0.0988. The molecule has 2 aromatic rings. The fourth-order valence-electron chi connectivity index (χ4n) is 1.23. The molecule has 0 radical (unpaired) electrons. The first-order valence-corrected chi connectivity index (χ1v) is 5.53. The molecule has 16 heavy (non-hydrogen) atoms. The van der Waals surface area contributed by atoms with Crippen molar-refractivity contribution in [2.45, 2.75) is 6.92 Å². The van der Waals surface area contributed by atoms with Gasteiger partial charge in [0, 0.05) is 12.4 Å². The van der Waals surface area contributed by atoms with Crippen LogP contribution in [0.1, 0.15) is 15.5 Å². The number of nitrogens with zero attached hydrogens (tertiary/aromatic N) is 4. The molecule has 0 unspecified atom stereocenters. The van der Waals surface area contributed by atoms with Crippen LogP contribution in [0.4, 0.5) is 5.69 Å². The van der Waals surface area contributed by atoms with Crippen molar-refractivity contribution >= 4 is 22.9 Å². The van der Waals surface area contributed by atoms with E-state index in [1.807, 2.05) is 6.92 Å². The number of aromatic nitrogens is 3. The normalized spacial score (nSPS) is 10.1. The maximum Gasteiger partial charge on any atom is 0.277 e. The largest absolute Gasteiger partial charge is 0.308 e. The molecule has 0 aliphatic heterocycles. The minimum atomic E-state index is -0.141. The van der Waals surface area contributed by atoms with E-state index in [1.165, 1.54) is 22.4 Å². The number of rotatable bonds is 2. The van der Waals surface area contributed by atoms with Crippen molar-refractivity contribution in [2.75, 3.05) is 11.9 Å². The molecule has 0 spiro atoms. The molecule has 2 aromatic heterocycles. The third kappa shape index (κ3) is 2.06. The van der Waals surface area contributed by atoms with Crippen molar-refractivity contribution in [2.24, 2.45) is 0 Å². The molecule has 82 valence electrons. The highest BCUT2D eigenvalue weighted by molar-refractivity contribution is 7.09. The summed E-state index contributed by atoms with van der Waals surface area (Å²) in [6.07, 6.45) is 3.09. The lowest BCUT2D eigenvalue weighted by atomic mass is 10.3. The Bertz CT molecular complexity index is 497. The summed E-state index contributed by atoms with van der Waals surface area (Å²) in [4.78, 5) is 17.6. The second-order valence-corrected chi connectivity index (χ2v) is 4.28. The van der Waals surface area contributed by atoms with Gasteiger partial charge in [0.25, 0.3) is 5.91 Å². The smallest absolute Gasteiger partial charge is 0.277 e. The zero-order chi connectivity index (χ0) is 11.5. The zero-order valence-electron chi connectivity index (χ0n) is 8.91. The van der Waals surface area contributed by atoms with Crippen molar-refractivity contribution in [3.63, 3.8) is 0 Å². The van der Waals surface area contributed by atoms with Gasteiger partial charge in [-0.15, -0.1) is 11.3 Å². The van der Waals surface area contributed by atoms with Crippen LogP contribution in [-0.4, -0.2) is 28.1 Å². The van der Waals surface area contributed by atoms with Gasteiger partial charge in [-0.1, -0.05) is 0 Å². The van der Waals surface area contributed by atoms with Crippen LogP contribution in [0, 0.1) is 6.92 Å². The molecule has 0 aromatic carbocycles. The second kappa shape index (κ2) is 4.36. The van der Waals surface area contributed by atoms with E-state index in [-0.39, 0.29) is 5.91 Å². The molecule has 2 rings (SSSR count). The maximum absolute atomic E-state index is 12.0. The molecule has 5 nitrogen and oxygen atoms in total. The molecule has 0 bridgehead atoms. The molecule has 0 aliphatic rings. The van der Waals surface area contributed by atoms with Crippen LogP contribution in [0.2, 0.25) is 0 Å². The van der Waals surface area contributed by atoms with Crippen LogP contribution >= 0.6 is 11.3 Å². The number of carbonyl (C=O) groups excluding carboxylic acids is 1. The van der Waals surface area contributed by atoms with Crippen molar-refractivity contribution in [1.82, 2.24) is 15.2 Å². The van der Waals surface area contributed by atoms with Gasteiger partial charge in [0.2, 0.25) is 0 Å². The van der Waals surface area contributed by atoms with E-state index < -0.39 is 0 Å². The Morgan fingerprint density at radius 3 is 2.81 bits per heavy atom. The fraction of sp³-hybridized carbons (Fsp3) is 0.200. The molecule has 0 saturated heterocycles. The Morgan fingerprint density at radius 2 is 2.25 bits per heavy atom. The summed E-state index contributed by atoms with van der Waals surface area (Å²) < 4.78 is 0. The summed E-state index contributed by atoms with van der Waals surface area (Å²) in [5, 5.41) is 10.0. The Balaban J connectivity index is 2.23. The lowest BCUT2D eigenvalue weighted by Gasteiger charge is -2.14. The molecule has 1 amide bonds. The first kappa shape index (κ1) is 10.7. The van der Waals surface area contributed by atoms with E-state index in [0.29, 0.717) is 11.4 Å². The van der Waals surface area contributed by atoms with Crippen molar-refractivity contribution in [1.29, 1.82) is 0 Å². The van der Waals surface area contributed by atoms with E-state index >= 15 is 0 Å². The number of thiazole rings is 1. The summed E-state index contributed by atoms with van der Waals surface area (Å²) in [5.74, 6) is -0.141. The third-order valence-electron chi connectivity index (χ3n) is 2.10. The minimum Gasteiger partial charge on any atom is -0.308 e. The second-order valence-electron chi connectivity index (χ2n) is 3.22. The minimum absolute atomic E-state index is 0.141. The van der Waals surface area contributed by atoms with Gasteiger partial charge >= 0.3 is 0 Å². The third-order valence-corrected chi connectivity index (χ3v) is 2.87. The molecular formula is C10H10N4OS.